The van der Waals surface area contributed by atoms with Crippen LogP contribution in [0.5, 0.6) is 0 Å². The molecule has 78 valence electrons. The number of halogens is 1. The maximum atomic E-state index is 4.22. The lowest BCUT2D eigenvalue weighted by Gasteiger charge is -1.99. The van der Waals surface area contributed by atoms with E-state index >= 15 is 0 Å². The Bertz CT molecular complexity index is 464. The van der Waals surface area contributed by atoms with Gasteiger partial charge in [0.05, 0.1) is 6.20 Å². The predicted octanol–water partition coefficient (Wildman–Crippen LogP) is 2.55. The molecular formula is C10H11BrN4. The van der Waals surface area contributed by atoms with Crippen molar-refractivity contribution in [1.82, 2.24) is 19.7 Å². The van der Waals surface area contributed by atoms with Gasteiger partial charge in [0.25, 0.3) is 5.95 Å². The topological polar surface area (TPSA) is 43.6 Å². The molecule has 0 saturated heterocycles. The highest BCUT2D eigenvalue weighted by Gasteiger charge is 2.06. The summed E-state index contributed by atoms with van der Waals surface area (Å²) >= 11 is 3.30. The van der Waals surface area contributed by atoms with Crippen molar-refractivity contribution in [2.45, 2.75) is 19.8 Å². The normalized spacial score (nSPS) is 10.9. The van der Waals surface area contributed by atoms with Crippen LogP contribution in [0.2, 0.25) is 0 Å². The molecule has 0 unspecified atom stereocenters. The van der Waals surface area contributed by atoms with Crippen molar-refractivity contribution < 1.29 is 0 Å². The number of aromatic nitrogens is 4. The van der Waals surface area contributed by atoms with E-state index in [9.17, 15) is 0 Å². The molecule has 0 N–H and O–H groups in total. The van der Waals surface area contributed by atoms with Gasteiger partial charge in [0.1, 0.15) is 4.60 Å². The molecule has 2 heterocycles. The Morgan fingerprint density at radius 3 is 2.80 bits per heavy atom. The number of nitrogens with zero attached hydrogens (tertiary/aromatic N) is 4. The van der Waals surface area contributed by atoms with E-state index in [1.54, 1.807) is 16.9 Å². The molecular weight excluding hydrogens is 256 g/mol. The SMILES string of the molecule is CC(C)c1cnn(-c2nccc(Br)n2)c1. The van der Waals surface area contributed by atoms with Crippen molar-refractivity contribution in [2.24, 2.45) is 0 Å². The predicted molar refractivity (Wildman–Crippen MR) is 60.9 cm³/mol. The summed E-state index contributed by atoms with van der Waals surface area (Å²) in [5.41, 5.74) is 1.18. The molecule has 5 heteroatoms. The maximum absolute atomic E-state index is 4.22. The zero-order valence-corrected chi connectivity index (χ0v) is 10.1. The van der Waals surface area contributed by atoms with E-state index in [4.69, 9.17) is 0 Å². The fourth-order valence-electron chi connectivity index (χ4n) is 1.18. The van der Waals surface area contributed by atoms with E-state index in [0.717, 1.165) is 4.60 Å². The number of hydrogen-bond donors (Lipinski definition) is 0. The highest BCUT2D eigenvalue weighted by molar-refractivity contribution is 9.10. The second-order valence-electron chi connectivity index (χ2n) is 3.55. The molecule has 15 heavy (non-hydrogen) atoms. The molecule has 0 aromatic carbocycles. The van der Waals surface area contributed by atoms with Crippen LogP contribution in [0.4, 0.5) is 0 Å². The molecule has 0 radical (unpaired) electrons. The van der Waals surface area contributed by atoms with E-state index in [0.29, 0.717) is 11.9 Å². The minimum Gasteiger partial charge on any atom is -0.220 e. The lowest BCUT2D eigenvalue weighted by molar-refractivity contribution is 0.800. The first kappa shape index (κ1) is 10.3. The Kier molecular flexibility index (Phi) is 2.81. The molecule has 0 aliphatic heterocycles. The summed E-state index contributed by atoms with van der Waals surface area (Å²) in [5.74, 6) is 1.04. The third-order valence-electron chi connectivity index (χ3n) is 2.08. The summed E-state index contributed by atoms with van der Waals surface area (Å²) in [7, 11) is 0. The maximum Gasteiger partial charge on any atom is 0.251 e. The van der Waals surface area contributed by atoms with Crippen LogP contribution in [0.15, 0.2) is 29.3 Å². The molecule has 0 aliphatic rings. The smallest absolute Gasteiger partial charge is 0.220 e. The summed E-state index contributed by atoms with van der Waals surface area (Å²) in [6, 6.07) is 1.79. The Balaban J connectivity index is 2.37. The standard InChI is InChI=1S/C10H11BrN4/c1-7(2)8-5-13-15(6-8)10-12-4-3-9(11)14-10/h3-7H,1-2H3. The van der Waals surface area contributed by atoms with Gasteiger partial charge in [-0.15, -0.1) is 0 Å². The molecule has 0 saturated carbocycles. The zero-order valence-electron chi connectivity index (χ0n) is 8.55. The van der Waals surface area contributed by atoms with Crippen molar-refractivity contribution in [3.8, 4) is 5.95 Å². The van der Waals surface area contributed by atoms with Crippen LogP contribution in [-0.4, -0.2) is 19.7 Å². The Hall–Kier alpha value is -1.23. The van der Waals surface area contributed by atoms with Gasteiger partial charge >= 0.3 is 0 Å². The van der Waals surface area contributed by atoms with E-state index in [1.165, 1.54) is 5.56 Å². The van der Waals surface area contributed by atoms with Crippen LogP contribution in [0, 0.1) is 0 Å². The molecule has 0 bridgehead atoms. The minimum atomic E-state index is 0.464. The molecule has 0 fully saturated rings. The summed E-state index contributed by atoms with van der Waals surface area (Å²) in [6.45, 7) is 4.26. The summed E-state index contributed by atoms with van der Waals surface area (Å²) in [4.78, 5) is 8.36. The van der Waals surface area contributed by atoms with Crippen LogP contribution in [0.1, 0.15) is 25.3 Å². The molecule has 2 rings (SSSR count). The zero-order chi connectivity index (χ0) is 10.8. The van der Waals surface area contributed by atoms with Crippen LogP contribution in [0.3, 0.4) is 0 Å². The average Bonchev–Trinajstić information content (AvgIpc) is 2.66. The Morgan fingerprint density at radius 1 is 1.40 bits per heavy atom. The van der Waals surface area contributed by atoms with Crippen molar-refractivity contribution in [3.05, 3.63) is 34.8 Å². The van der Waals surface area contributed by atoms with Crippen molar-refractivity contribution in [2.75, 3.05) is 0 Å². The molecule has 2 aromatic rings. The second kappa shape index (κ2) is 4.10. The molecule has 0 spiro atoms. The summed E-state index contributed by atoms with van der Waals surface area (Å²) in [5, 5.41) is 4.22. The first-order chi connectivity index (χ1) is 7.16. The third kappa shape index (κ3) is 2.23. The average molecular weight is 267 g/mol. The van der Waals surface area contributed by atoms with Crippen molar-refractivity contribution in [3.63, 3.8) is 0 Å². The first-order valence-electron chi connectivity index (χ1n) is 4.70. The van der Waals surface area contributed by atoms with Gasteiger partial charge in [-0.2, -0.15) is 5.10 Å². The first-order valence-corrected chi connectivity index (χ1v) is 5.49. The highest BCUT2D eigenvalue weighted by atomic mass is 79.9. The van der Waals surface area contributed by atoms with Gasteiger partial charge in [0.15, 0.2) is 0 Å². The van der Waals surface area contributed by atoms with E-state index < -0.39 is 0 Å². The molecule has 2 aromatic heterocycles. The van der Waals surface area contributed by atoms with Gasteiger partial charge in [-0.25, -0.2) is 14.6 Å². The van der Waals surface area contributed by atoms with E-state index in [1.807, 2.05) is 12.4 Å². The molecule has 0 atom stereocenters. The summed E-state index contributed by atoms with van der Waals surface area (Å²) < 4.78 is 2.44. The van der Waals surface area contributed by atoms with Crippen molar-refractivity contribution >= 4 is 15.9 Å². The second-order valence-corrected chi connectivity index (χ2v) is 4.36. The molecule has 4 nitrogen and oxygen atoms in total. The van der Waals surface area contributed by atoms with Crippen LogP contribution in [0.25, 0.3) is 5.95 Å². The van der Waals surface area contributed by atoms with Gasteiger partial charge in [0, 0.05) is 12.4 Å². The lowest BCUT2D eigenvalue weighted by Crippen LogP contribution is -2.00. The largest absolute Gasteiger partial charge is 0.251 e. The minimum absolute atomic E-state index is 0.464. The summed E-state index contributed by atoms with van der Waals surface area (Å²) in [6.07, 6.45) is 5.49. The van der Waals surface area contributed by atoms with Crippen LogP contribution in [-0.2, 0) is 0 Å². The van der Waals surface area contributed by atoms with E-state index in [-0.39, 0.29) is 0 Å². The fraction of sp³-hybridized carbons (Fsp3) is 0.300. The van der Waals surface area contributed by atoms with Crippen LogP contribution < -0.4 is 0 Å². The fourth-order valence-corrected chi connectivity index (χ4v) is 1.46. The number of hydrogen-bond acceptors (Lipinski definition) is 3. The molecule has 0 amide bonds. The highest BCUT2D eigenvalue weighted by Crippen LogP contribution is 2.14. The van der Waals surface area contributed by atoms with E-state index in [2.05, 4.69) is 44.8 Å². The monoisotopic (exact) mass is 266 g/mol. The Labute approximate surface area is 96.5 Å². The van der Waals surface area contributed by atoms with Gasteiger partial charge < -0.3 is 0 Å². The van der Waals surface area contributed by atoms with Gasteiger partial charge in [0.2, 0.25) is 0 Å². The van der Waals surface area contributed by atoms with Crippen LogP contribution >= 0.6 is 15.9 Å². The van der Waals surface area contributed by atoms with Gasteiger partial charge in [-0.1, -0.05) is 13.8 Å². The third-order valence-corrected chi connectivity index (χ3v) is 2.52. The van der Waals surface area contributed by atoms with Gasteiger partial charge in [-0.05, 0) is 33.5 Å². The Morgan fingerprint density at radius 2 is 2.20 bits per heavy atom. The number of rotatable bonds is 2. The van der Waals surface area contributed by atoms with Crippen molar-refractivity contribution in [1.29, 1.82) is 0 Å². The lowest BCUT2D eigenvalue weighted by atomic mass is 10.1. The van der Waals surface area contributed by atoms with Gasteiger partial charge in [-0.3, -0.25) is 0 Å². The quantitative estimate of drug-likeness (QED) is 0.785. The molecule has 0 aliphatic carbocycles.